The molecule has 1 radical (unpaired) electrons. The van der Waals surface area contributed by atoms with Crippen LogP contribution in [0.4, 0.5) is 0 Å². The van der Waals surface area contributed by atoms with Crippen molar-refractivity contribution in [1.29, 1.82) is 0 Å². The zero-order valence-corrected chi connectivity index (χ0v) is 4.44. The molecule has 0 bridgehead atoms. The molecule has 0 atom stereocenters. The molecule has 0 unspecified atom stereocenters. The molecule has 0 aromatic heterocycles. The van der Waals surface area contributed by atoms with Crippen molar-refractivity contribution < 1.29 is 9.53 Å². The van der Waals surface area contributed by atoms with Crippen molar-refractivity contribution in [2.75, 3.05) is 13.2 Å². The molecule has 2 nitrogen and oxygen atoms in total. The number of carbonyl (C=O) groups excluding carboxylic acids is 1. The van der Waals surface area contributed by atoms with Crippen molar-refractivity contribution in [1.82, 2.24) is 0 Å². The third-order valence-corrected chi connectivity index (χ3v) is 0.553. The lowest BCUT2D eigenvalue weighted by atomic mass is 10.5. The van der Waals surface area contributed by atoms with Gasteiger partial charge in [0.2, 0.25) is 6.29 Å². The van der Waals surface area contributed by atoms with Crippen molar-refractivity contribution >= 4 is 6.29 Å². The van der Waals surface area contributed by atoms with Crippen molar-refractivity contribution in [3.63, 3.8) is 0 Å². The monoisotopic (exact) mass is 101 g/mol. The average molecular weight is 101 g/mol. The summed E-state index contributed by atoms with van der Waals surface area (Å²) in [6, 6.07) is 0. The van der Waals surface area contributed by atoms with Gasteiger partial charge >= 0.3 is 0 Å². The maximum absolute atomic E-state index is 9.47. The van der Waals surface area contributed by atoms with Gasteiger partial charge in [0.1, 0.15) is 0 Å². The third kappa shape index (κ3) is 5.63. The molecule has 41 valence electrons. The summed E-state index contributed by atoms with van der Waals surface area (Å²) < 4.78 is 4.81. The predicted octanol–water partition coefficient (Wildman–Crippen LogP) is 0.523. The lowest BCUT2D eigenvalue weighted by Crippen LogP contribution is -1.92. The first-order valence-electron chi connectivity index (χ1n) is 2.34. The van der Waals surface area contributed by atoms with Crippen LogP contribution in [0.15, 0.2) is 0 Å². The molecular weight excluding hydrogens is 92.1 g/mol. The molecule has 0 saturated carbocycles. The first-order valence-corrected chi connectivity index (χ1v) is 2.34. The summed E-state index contributed by atoms with van der Waals surface area (Å²) in [5.74, 6) is 0. The van der Waals surface area contributed by atoms with Gasteiger partial charge in [0, 0.05) is 13.0 Å². The van der Waals surface area contributed by atoms with Gasteiger partial charge in [-0.25, -0.2) is 0 Å². The topological polar surface area (TPSA) is 26.3 Å². The largest absolute Gasteiger partial charge is 0.381 e. The molecule has 0 aromatic carbocycles. The number of hydrogen-bond acceptors (Lipinski definition) is 2. The van der Waals surface area contributed by atoms with Gasteiger partial charge in [0.05, 0.1) is 6.61 Å². The summed E-state index contributed by atoms with van der Waals surface area (Å²) in [6.07, 6.45) is 2.12. The van der Waals surface area contributed by atoms with E-state index in [0.29, 0.717) is 19.6 Å². The fourth-order valence-corrected chi connectivity index (χ4v) is 0.258. The maximum atomic E-state index is 9.47. The van der Waals surface area contributed by atoms with E-state index in [1.54, 1.807) is 6.29 Å². The van der Waals surface area contributed by atoms with Crippen molar-refractivity contribution in [3.05, 3.63) is 0 Å². The van der Waals surface area contributed by atoms with Crippen LogP contribution in [0.1, 0.15) is 13.3 Å². The standard InChI is InChI=1S/C5H9O2/c1-2-7-5-3-4-6/h2-3,5H2,1H3. The number of hydrogen-bond donors (Lipinski definition) is 0. The Morgan fingerprint density at radius 2 is 2.43 bits per heavy atom. The second-order valence-electron chi connectivity index (χ2n) is 1.09. The minimum absolute atomic E-state index is 0.397. The van der Waals surface area contributed by atoms with E-state index < -0.39 is 0 Å². The van der Waals surface area contributed by atoms with E-state index >= 15 is 0 Å². The Bertz CT molecular complexity index is 43.3. The van der Waals surface area contributed by atoms with Gasteiger partial charge in [0.25, 0.3) is 0 Å². The second kappa shape index (κ2) is 5.63. The van der Waals surface area contributed by atoms with Crippen LogP contribution in [0.3, 0.4) is 0 Å². The van der Waals surface area contributed by atoms with E-state index in [2.05, 4.69) is 0 Å². The van der Waals surface area contributed by atoms with Gasteiger partial charge in [-0.2, -0.15) is 0 Å². The molecule has 0 N–H and O–H groups in total. The molecule has 0 aliphatic rings. The minimum Gasteiger partial charge on any atom is -0.381 e. The second-order valence-corrected chi connectivity index (χ2v) is 1.09. The molecule has 0 fully saturated rings. The summed E-state index contributed by atoms with van der Waals surface area (Å²) in [6.45, 7) is 3.09. The van der Waals surface area contributed by atoms with Crippen LogP contribution in [0.2, 0.25) is 0 Å². The van der Waals surface area contributed by atoms with Crippen LogP contribution >= 0.6 is 0 Å². The molecule has 0 rings (SSSR count). The van der Waals surface area contributed by atoms with E-state index in [1.807, 2.05) is 6.92 Å². The van der Waals surface area contributed by atoms with Gasteiger partial charge in [-0.1, -0.05) is 0 Å². The Labute approximate surface area is 43.5 Å². The van der Waals surface area contributed by atoms with Crippen molar-refractivity contribution in [2.24, 2.45) is 0 Å². The SMILES string of the molecule is CCOCC[C]=O. The summed E-state index contributed by atoms with van der Waals surface area (Å²) in [5, 5.41) is 0. The quantitative estimate of drug-likeness (QED) is 0.482. The average Bonchev–Trinajstić information content (AvgIpc) is 1.69. The van der Waals surface area contributed by atoms with Crippen LogP contribution in [-0.4, -0.2) is 19.5 Å². The summed E-state index contributed by atoms with van der Waals surface area (Å²) in [5.41, 5.74) is 0. The molecule has 0 heterocycles. The predicted molar refractivity (Wildman–Crippen MR) is 26.8 cm³/mol. The zero-order valence-electron chi connectivity index (χ0n) is 4.44. The number of ether oxygens (including phenoxy) is 1. The first-order chi connectivity index (χ1) is 3.41. The van der Waals surface area contributed by atoms with Gasteiger partial charge in [-0.3, -0.25) is 4.79 Å². The van der Waals surface area contributed by atoms with E-state index in [4.69, 9.17) is 4.74 Å². The Morgan fingerprint density at radius 1 is 1.71 bits per heavy atom. The fourth-order valence-electron chi connectivity index (χ4n) is 0.258. The normalized spacial score (nSPS) is 8.71. The fraction of sp³-hybridized carbons (Fsp3) is 0.800. The smallest absolute Gasteiger partial charge is 0.200 e. The Balaban J connectivity index is 2.56. The van der Waals surface area contributed by atoms with Gasteiger partial charge in [0.15, 0.2) is 0 Å². The Kier molecular flexibility index (Phi) is 5.33. The van der Waals surface area contributed by atoms with Crippen LogP contribution < -0.4 is 0 Å². The Hall–Kier alpha value is -0.370. The summed E-state index contributed by atoms with van der Waals surface area (Å²) >= 11 is 0. The van der Waals surface area contributed by atoms with Crippen molar-refractivity contribution in [2.45, 2.75) is 13.3 Å². The van der Waals surface area contributed by atoms with Gasteiger partial charge in [-0.15, -0.1) is 0 Å². The highest BCUT2D eigenvalue weighted by molar-refractivity contribution is 5.50. The van der Waals surface area contributed by atoms with Gasteiger partial charge < -0.3 is 4.74 Å². The van der Waals surface area contributed by atoms with Gasteiger partial charge in [-0.05, 0) is 6.92 Å². The molecular formula is C5H9O2. The zero-order chi connectivity index (χ0) is 5.54. The van der Waals surface area contributed by atoms with E-state index in [-0.39, 0.29) is 0 Å². The van der Waals surface area contributed by atoms with E-state index in [9.17, 15) is 4.79 Å². The third-order valence-electron chi connectivity index (χ3n) is 0.553. The highest BCUT2D eigenvalue weighted by Crippen LogP contribution is 1.74. The lowest BCUT2D eigenvalue weighted by molar-refractivity contribution is 0.154. The van der Waals surface area contributed by atoms with E-state index in [1.165, 1.54) is 0 Å². The van der Waals surface area contributed by atoms with Crippen LogP contribution in [0.25, 0.3) is 0 Å². The summed E-state index contributed by atoms with van der Waals surface area (Å²) in [4.78, 5) is 9.47. The molecule has 0 aliphatic heterocycles. The molecule has 7 heavy (non-hydrogen) atoms. The Morgan fingerprint density at radius 3 is 2.86 bits per heavy atom. The molecule has 0 aliphatic carbocycles. The maximum Gasteiger partial charge on any atom is 0.200 e. The van der Waals surface area contributed by atoms with Crippen LogP contribution in [-0.2, 0) is 9.53 Å². The summed E-state index contributed by atoms with van der Waals surface area (Å²) in [7, 11) is 0. The molecule has 0 saturated heterocycles. The number of rotatable bonds is 4. The molecule has 0 amide bonds. The van der Waals surface area contributed by atoms with Crippen molar-refractivity contribution in [3.8, 4) is 0 Å². The minimum atomic E-state index is 0.397. The highest BCUT2D eigenvalue weighted by Gasteiger charge is 1.79. The lowest BCUT2D eigenvalue weighted by Gasteiger charge is -1.90. The molecule has 0 aromatic rings. The van der Waals surface area contributed by atoms with Crippen LogP contribution in [0.5, 0.6) is 0 Å². The molecule has 2 heteroatoms. The van der Waals surface area contributed by atoms with Crippen LogP contribution in [0, 0.1) is 0 Å². The highest BCUT2D eigenvalue weighted by atomic mass is 16.5. The molecule has 0 spiro atoms. The van der Waals surface area contributed by atoms with E-state index in [0.717, 1.165) is 0 Å². The first kappa shape index (κ1) is 6.63.